The van der Waals surface area contributed by atoms with Crippen LogP contribution in [0.4, 0.5) is 0 Å². The molecule has 0 saturated carbocycles. The number of halogens is 1. The molecule has 1 saturated heterocycles. The average Bonchev–Trinajstić information content (AvgIpc) is 2.68. The van der Waals surface area contributed by atoms with Gasteiger partial charge in [0.05, 0.1) is 6.04 Å². The quantitative estimate of drug-likeness (QED) is 0.596. The Morgan fingerprint density at radius 2 is 1.74 bits per heavy atom. The summed E-state index contributed by atoms with van der Waals surface area (Å²) in [6, 6.07) is 10.3. The summed E-state index contributed by atoms with van der Waals surface area (Å²) in [6.45, 7) is 11.5. The molecule has 27 heavy (non-hydrogen) atoms. The van der Waals surface area contributed by atoms with Crippen molar-refractivity contribution in [1.82, 2.24) is 15.1 Å². The molecule has 1 aliphatic rings. The summed E-state index contributed by atoms with van der Waals surface area (Å²) in [7, 11) is 0. The molecule has 1 fully saturated rings. The first-order valence-electron chi connectivity index (χ1n) is 10.1. The maximum atomic E-state index is 11.9. The van der Waals surface area contributed by atoms with Crippen molar-refractivity contribution in [3.8, 4) is 0 Å². The smallest absolute Gasteiger partial charge is 0.237 e. The third-order valence-electron chi connectivity index (χ3n) is 5.47. The molecule has 6 heteroatoms. The summed E-state index contributed by atoms with van der Waals surface area (Å²) in [5.41, 5.74) is 7.34. The predicted molar refractivity (Wildman–Crippen MR) is 115 cm³/mol. The zero-order valence-corrected chi connectivity index (χ0v) is 17.7. The van der Waals surface area contributed by atoms with Crippen LogP contribution in [-0.4, -0.2) is 61.0 Å². The number of nitrogens with two attached hydrogens (primary N) is 1. The van der Waals surface area contributed by atoms with Crippen LogP contribution < -0.4 is 11.1 Å². The number of hydrogen-bond donors (Lipinski definition) is 2. The summed E-state index contributed by atoms with van der Waals surface area (Å²) in [6.07, 6.45) is 3.07. The molecule has 0 aliphatic carbocycles. The fourth-order valence-electron chi connectivity index (χ4n) is 3.31. The molecule has 2 rings (SSSR count). The summed E-state index contributed by atoms with van der Waals surface area (Å²) >= 11 is 0. The third kappa shape index (κ3) is 8.60. The molecule has 2 unspecified atom stereocenters. The minimum absolute atomic E-state index is 0. The number of unbranched alkanes of at least 4 members (excludes halogenated alkanes) is 1. The van der Waals surface area contributed by atoms with Crippen LogP contribution in [0, 0.1) is 5.92 Å². The van der Waals surface area contributed by atoms with Crippen LogP contribution in [-0.2, 0) is 11.3 Å². The lowest BCUT2D eigenvalue weighted by molar-refractivity contribution is -0.123. The number of piperazine rings is 1. The molecule has 3 N–H and O–H groups in total. The van der Waals surface area contributed by atoms with Crippen molar-refractivity contribution in [2.45, 2.75) is 45.7 Å². The van der Waals surface area contributed by atoms with E-state index in [0.717, 1.165) is 65.1 Å². The number of nitrogens with one attached hydrogen (secondary N) is 1. The maximum absolute atomic E-state index is 11.9. The van der Waals surface area contributed by atoms with Gasteiger partial charge in [-0.1, -0.05) is 50.6 Å². The van der Waals surface area contributed by atoms with Gasteiger partial charge in [-0.05, 0) is 30.9 Å². The molecule has 0 bridgehead atoms. The van der Waals surface area contributed by atoms with Gasteiger partial charge in [0.2, 0.25) is 5.91 Å². The second kappa shape index (κ2) is 13.1. The number of benzene rings is 1. The Labute approximate surface area is 171 Å². The average molecular weight is 397 g/mol. The predicted octanol–water partition coefficient (Wildman–Crippen LogP) is 2.50. The van der Waals surface area contributed by atoms with Gasteiger partial charge in [0, 0.05) is 39.3 Å². The molecule has 1 heterocycles. The van der Waals surface area contributed by atoms with Crippen LogP contribution >= 0.6 is 12.4 Å². The normalized spacial score (nSPS) is 17.7. The first-order chi connectivity index (χ1) is 12.6. The van der Waals surface area contributed by atoms with E-state index < -0.39 is 0 Å². The van der Waals surface area contributed by atoms with Crippen molar-refractivity contribution in [2.75, 3.05) is 39.3 Å². The molecule has 2 atom stereocenters. The van der Waals surface area contributed by atoms with E-state index in [1.165, 1.54) is 5.56 Å². The molecule has 1 aromatic carbocycles. The maximum Gasteiger partial charge on any atom is 0.237 e. The van der Waals surface area contributed by atoms with Gasteiger partial charge in [0.25, 0.3) is 0 Å². The molecular formula is C21H37ClN4O. The first kappa shape index (κ1) is 23.9. The van der Waals surface area contributed by atoms with Crippen LogP contribution in [0.25, 0.3) is 0 Å². The number of carbonyl (C=O) groups excluding carboxylic acids is 1. The molecule has 0 aromatic heterocycles. The Hall–Kier alpha value is -1.14. The van der Waals surface area contributed by atoms with Crippen LogP contribution in [0.1, 0.15) is 38.7 Å². The van der Waals surface area contributed by atoms with E-state index in [9.17, 15) is 4.79 Å². The van der Waals surface area contributed by atoms with Crippen LogP contribution in [0.15, 0.2) is 30.3 Å². The molecule has 1 aromatic rings. The summed E-state index contributed by atoms with van der Waals surface area (Å²) in [5.74, 6) is 0.232. The van der Waals surface area contributed by atoms with Crippen molar-refractivity contribution in [2.24, 2.45) is 11.7 Å². The van der Waals surface area contributed by atoms with Crippen molar-refractivity contribution >= 4 is 18.3 Å². The Kier molecular flexibility index (Phi) is 11.6. The monoisotopic (exact) mass is 396 g/mol. The highest BCUT2D eigenvalue weighted by Gasteiger charge is 2.19. The van der Waals surface area contributed by atoms with Gasteiger partial charge >= 0.3 is 0 Å². The van der Waals surface area contributed by atoms with E-state index in [0.29, 0.717) is 0 Å². The molecule has 1 aliphatic heterocycles. The van der Waals surface area contributed by atoms with Gasteiger partial charge in [0.15, 0.2) is 0 Å². The minimum Gasteiger partial charge on any atom is -0.355 e. The summed E-state index contributed by atoms with van der Waals surface area (Å²) in [5, 5.41) is 2.98. The highest BCUT2D eigenvalue weighted by atomic mass is 35.5. The zero-order valence-electron chi connectivity index (χ0n) is 16.9. The largest absolute Gasteiger partial charge is 0.355 e. The molecule has 0 spiro atoms. The first-order valence-corrected chi connectivity index (χ1v) is 10.1. The van der Waals surface area contributed by atoms with E-state index in [4.69, 9.17) is 5.73 Å². The second-order valence-electron chi connectivity index (χ2n) is 7.51. The molecular weight excluding hydrogens is 360 g/mol. The summed E-state index contributed by atoms with van der Waals surface area (Å²) in [4.78, 5) is 17.0. The SMILES string of the molecule is CCC(C)C(N)C(=O)NCCCCN1CCN(Cc2ccccc2)CC1.Cl. The van der Waals surface area contributed by atoms with Gasteiger partial charge in [0.1, 0.15) is 0 Å². The van der Waals surface area contributed by atoms with E-state index in [2.05, 4.69) is 52.4 Å². The van der Waals surface area contributed by atoms with Crippen molar-refractivity contribution in [3.63, 3.8) is 0 Å². The lowest BCUT2D eigenvalue weighted by atomic mass is 9.99. The van der Waals surface area contributed by atoms with Crippen LogP contribution in [0.3, 0.4) is 0 Å². The Morgan fingerprint density at radius 3 is 2.37 bits per heavy atom. The highest BCUT2D eigenvalue weighted by Crippen LogP contribution is 2.09. The van der Waals surface area contributed by atoms with Gasteiger partial charge in [-0.25, -0.2) is 0 Å². The highest BCUT2D eigenvalue weighted by molar-refractivity contribution is 5.85. The second-order valence-corrected chi connectivity index (χ2v) is 7.51. The van der Waals surface area contributed by atoms with E-state index in [1.807, 2.05) is 6.92 Å². The van der Waals surface area contributed by atoms with E-state index in [-0.39, 0.29) is 30.3 Å². The summed E-state index contributed by atoms with van der Waals surface area (Å²) < 4.78 is 0. The number of amides is 1. The lowest BCUT2D eigenvalue weighted by Gasteiger charge is -2.34. The topological polar surface area (TPSA) is 61.6 Å². The molecule has 154 valence electrons. The van der Waals surface area contributed by atoms with Gasteiger partial charge < -0.3 is 16.0 Å². The van der Waals surface area contributed by atoms with Crippen LogP contribution in [0.5, 0.6) is 0 Å². The van der Waals surface area contributed by atoms with Gasteiger partial charge in [-0.3, -0.25) is 9.69 Å². The number of carbonyl (C=O) groups is 1. The zero-order chi connectivity index (χ0) is 18.8. The Bertz CT molecular complexity index is 520. The molecule has 0 radical (unpaired) electrons. The van der Waals surface area contributed by atoms with Gasteiger partial charge in [-0.15, -0.1) is 12.4 Å². The Morgan fingerprint density at radius 1 is 1.11 bits per heavy atom. The number of hydrogen-bond acceptors (Lipinski definition) is 4. The number of nitrogens with zero attached hydrogens (tertiary/aromatic N) is 2. The standard InChI is InChI=1S/C21H36N4O.ClH/c1-3-18(2)20(22)21(26)23-11-7-8-12-24-13-15-25(16-14-24)17-19-9-5-4-6-10-19;/h4-6,9-10,18,20H,3,7-8,11-17,22H2,1-2H3,(H,23,26);1H. The van der Waals surface area contributed by atoms with E-state index in [1.54, 1.807) is 0 Å². The van der Waals surface area contributed by atoms with E-state index >= 15 is 0 Å². The Balaban J connectivity index is 0.00000364. The fourth-order valence-corrected chi connectivity index (χ4v) is 3.31. The van der Waals surface area contributed by atoms with Gasteiger partial charge in [-0.2, -0.15) is 0 Å². The molecule has 5 nitrogen and oxygen atoms in total. The van der Waals surface area contributed by atoms with Crippen LogP contribution in [0.2, 0.25) is 0 Å². The van der Waals surface area contributed by atoms with Crippen molar-refractivity contribution < 1.29 is 4.79 Å². The number of rotatable bonds is 10. The third-order valence-corrected chi connectivity index (χ3v) is 5.47. The van der Waals surface area contributed by atoms with Crippen molar-refractivity contribution in [1.29, 1.82) is 0 Å². The molecule has 1 amide bonds. The minimum atomic E-state index is -0.377. The van der Waals surface area contributed by atoms with Crippen molar-refractivity contribution in [3.05, 3.63) is 35.9 Å². The lowest BCUT2D eigenvalue weighted by Crippen LogP contribution is -2.46. The fraction of sp³-hybridized carbons (Fsp3) is 0.667.